The predicted molar refractivity (Wildman–Crippen MR) is 111 cm³/mol. The van der Waals surface area contributed by atoms with Crippen molar-refractivity contribution < 1.29 is 4.79 Å². The number of aliphatic imine (C=N–C) groups is 1. The van der Waals surface area contributed by atoms with E-state index in [0.717, 1.165) is 23.2 Å². The molecule has 1 heterocycles. The van der Waals surface area contributed by atoms with Crippen LogP contribution >= 0.6 is 35.6 Å². The number of aryl methyl sites for hydroxylation is 1. The van der Waals surface area contributed by atoms with Gasteiger partial charge in [0.2, 0.25) is 5.91 Å². The Kier molecular flexibility index (Phi) is 11.1. The van der Waals surface area contributed by atoms with Crippen LogP contribution in [-0.4, -0.2) is 47.5 Å². The molecule has 8 heteroatoms. The summed E-state index contributed by atoms with van der Waals surface area (Å²) in [5.74, 6) is 0.804. The molecule has 0 bridgehead atoms. The Morgan fingerprint density at radius 1 is 1.46 bits per heavy atom. The molecule has 138 valence electrons. The highest BCUT2D eigenvalue weighted by Crippen LogP contribution is 2.14. The molecule has 0 atom stereocenters. The van der Waals surface area contributed by atoms with Gasteiger partial charge in [-0.2, -0.15) is 0 Å². The van der Waals surface area contributed by atoms with Crippen LogP contribution < -0.4 is 10.6 Å². The fraction of sp³-hybridized carbons (Fsp3) is 0.625. The van der Waals surface area contributed by atoms with Gasteiger partial charge < -0.3 is 20.1 Å². The molecule has 6 nitrogen and oxygen atoms in total. The van der Waals surface area contributed by atoms with Crippen LogP contribution in [-0.2, 0) is 18.4 Å². The van der Waals surface area contributed by atoms with Crippen LogP contribution in [0.5, 0.6) is 0 Å². The van der Waals surface area contributed by atoms with Gasteiger partial charge in [-0.3, -0.25) is 9.79 Å². The van der Waals surface area contributed by atoms with Crippen molar-refractivity contribution in [3.8, 4) is 0 Å². The van der Waals surface area contributed by atoms with E-state index in [0.29, 0.717) is 19.5 Å². The van der Waals surface area contributed by atoms with Crippen LogP contribution in [0.15, 0.2) is 17.3 Å². The lowest BCUT2D eigenvalue weighted by Gasteiger charge is -2.22. The molecule has 0 spiro atoms. The number of hydrogen-bond acceptors (Lipinski definition) is 2. The van der Waals surface area contributed by atoms with Crippen molar-refractivity contribution in [1.29, 1.82) is 0 Å². The number of nitrogens with one attached hydrogen (secondary N) is 2. The molecule has 1 aromatic heterocycles. The maximum Gasteiger partial charge on any atom is 0.222 e. The van der Waals surface area contributed by atoms with E-state index in [4.69, 9.17) is 11.6 Å². The third kappa shape index (κ3) is 8.23. The number of hydrogen-bond donors (Lipinski definition) is 2. The first-order valence-electron chi connectivity index (χ1n) is 7.93. The summed E-state index contributed by atoms with van der Waals surface area (Å²) in [5.41, 5.74) is 1.10. The normalized spacial score (nSPS) is 11.2. The number of guanidine groups is 1. The van der Waals surface area contributed by atoms with Gasteiger partial charge in [0.15, 0.2) is 5.96 Å². The summed E-state index contributed by atoms with van der Waals surface area (Å²) >= 11 is 6.02. The van der Waals surface area contributed by atoms with Gasteiger partial charge >= 0.3 is 0 Å². The van der Waals surface area contributed by atoms with Crippen molar-refractivity contribution in [3.63, 3.8) is 0 Å². The monoisotopic (exact) mass is 469 g/mol. The summed E-state index contributed by atoms with van der Waals surface area (Å²) in [4.78, 5) is 18.2. The second kappa shape index (κ2) is 11.6. The summed E-state index contributed by atoms with van der Waals surface area (Å²) in [6.45, 7) is 7.84. The fourth-order valence-corrected chi connectivity index (χ4v) is 2.44. The summed E-state index contributed by atoms with van der Waals surface area (Å²) in [5, 5.41) is 6.84. The summed E-state index contributed by atoms with van der Waals surface area (Å²) in [6, 6.07) is 2.10. The van der Waals surface area contributed by atoms with Gasteiger partial charge in [0.25, 0.3) is 0 Å². The lowest BCUT2D eigenvalue weighted by Crippen LogP contribution is -2.39. The highest BCUT2D eigenvalue weighted by atomic mass is 127. The van der Waals surface area contributed by atoms with E-state index in [1.807, 2.05) is 56.6 Å². The van der Waals surface area contributed by atoms with Crippen molar-refractivity contribution in [2.75, 3.05) is 20.1 Å². The van der Waals surface area contributed by atoms with Crippen molar-refractivity contribution in [3.05, 3.63) is 23.0 Å². The van der Waals surface area contributed by atoms with Crippen molar-refractivity contribution in [2.24, 2.45) is 12.0 Å². The van der Waals surface area contributed by atoms with Crippen LogP contribution in [0.2, 0.25) is 5.02 Å². The van der Waals surface area contributed by atoms with Crippen LogP contribution in [0.4, 0.5) is 0 Å². The lowest BCUT2D eigenvalue weighted by atomic mass is 10.3. The largest absolute Gasteiger partial charge is 0.357 e. The van der Waals surface area contributed by atoms with Gasteiger partial charge in [0, 0.05) is 45.0 Å². The minimum absolute atomic E-state index is 0. The number of aromatic nitrogens is 1. The third-order valence-corrected chi connectivity index (χ3v) is 3.43. The van der Waals surface area contributed by atoms with Crippen molar-refractivity contribution in [1.82, 2.24) is 20.1 Å². The Hall–Kier alpha value is -0.960. The Morgan fingerprint density at radius 3 is 2.62 bits per heavy atom. The summed E-state index contributed by atoms with van der Waals surface area (Å²) in [6.07, 6.45) is 2.27. The lowest BCUT2D eigenvalue weighted by molar-refractivity contribution is -0.121. The molecule has 1 amide bonds. The Bertz CT molecular complexity index is 545. The van der Waals surface area contributed by atoms with E-state index >= 15 is 0 Å². The summed E-state index contributed by atoms with van der Waals surface area (Å²) in [7, 11) is 3.94. The van der Waals surface area contributed by atoms with Gasteiger partial charge in [0.1, 0.15) is 0 Å². The Morgan fingerprint density at radius 2 is 2.12 bits per heavy atom. The maximum absolute atomic E-state index is 11.7. The van der Waals surface area contributed by atoms with Gasteiger partial charge in [-0.1, -0.05) is 11.6 Å². The zero-order valence-corrected chi connectivity index (χ0v) is 18.2. The Labute approximate surface area is 167 Å². The SMILES string of the molecule is CCNC(=NCCC(=O)NC(C)C)N(C)Cc1cc(Cl)cn1C.I. The van der Waals surface area contributed by atoms with Gasteiger partial charge in [-0.25, -0.2) is 0 Å². The minimum Gasteiger partial charge on any atom is -0.357 e. The number of carbonyl (C=O) groups excluding carboxylic acids is 1. The molecule has 0 unspecified atom stereocenters. The molecular weight excluding hydrogens is 441 g/mol. The molecule has 0 aliphatic rings. The maximum atomic E-state index is 11.7. The molecular formula is C16H29ClIN5O. The van der Waals surface area contributed by atoms with Gasteiger partial charge in [-0.05, 0) is 26.8 Å². The first-order chi connectivity index (χ1) is 10.8. The van der Waals surface area contributed by atoms with Crippen molar-refractivity contribution >= 4 is 47.4 Å². The van der Waals surface area contributed by atoms with E-state index in [-0.39, 0.29) is 35.9 Å². The van der Waals surface area contributed by atoms with Crippen molar-refractivity contribution in [2.45, 2.75) is 39.8 Å². The molecule has 0 saturated carbocycles. The quantitative estimate of drug-likeness (QED) is 0.367. The van der Waals surface area contributed by atoms with E-state index in [1.54, 1.807) is 0 Å². The molecule has 0 radical (unpaired) electrons. The van der Waals surface area contributed by atoms with Crippen LogP contribution in [0.3, 0.4) is 0 Å². The zero-order chi connectivity index (χ0) is 17.4. The van der Waals surface area contributed by atoms with E-state index in [9.17, 15) is 4.79 Å². The molecule has 1 aromatic rings. The van der Waals surface area contributed by atoms with Gasteiger partial charge in [-0.15, -0.1) is 24.0 Å². The first kappa shape index (κ1) is 23.0. The van der Waals surface area contributed by atoms with E-state index < -0.39 is 0 Å². The van der Waals surface area contributed by atoms with Crippen LogP contribution in [0.25, 0.3) is 0 Å². The smallest absolute Gasteiger partial charge is 0.222 e. The zero-order valence-electron chi connectivity index (χ0n) is 15.1. The topological polar surface area (TPSA) is 61.7 Å². The number of nitrogens with zero attached hydrogens (tertiary/aromatic N) is 3. The number of rotatable bonds is 7. The Balaban J connectivity index is 0.00000529. The molecule has 1 rings (SSSR count). The standard InChI is InChI=1S/C16H28ClN5O.HI/c1-6-18-16(19-8-7-15(23)20-12(2)3)22(5)11-14-9-13(17)10-21(14)4;/h9-10,12H,6-8,11H2,1-5H3,(H,18,19)(H,20,23);1H. The average molecular weight is 470 g/mol. The third-order valence-electron chi connectivity index (χ3n) is 3.22. The molecule has 0 aliphatic heterocycles. The average Bonchev–Trinajstić information content (AvgIpc) is 2.75. The molecule has 0 saturated heterocycles. The molecule has 0 fully saturated rings. The second-order valence-corrected chi connectivity index (χ2v) is 6.26. The molecule has 0 aliphatic carbocycles. The van der Waals surface area contributed by atoms with Crippen LogP contribution in [0.1, 0.15) is 32.9 Å². The van der Waals surface area contributed by atoms with E-state index in [2.05, 4.69) is 15.6 Å². The molecule has 0 aromatic carbocycles. The fourth-order valence-electron chi connectivity index (χ4n) is 2.17. The molecule has 24 heavy (non-hydrogen) atoms. The van der Waals surface area contributed by atoms with E-state index in [1.165, 1.54) is 0 Å². The predicted octanol–water partition coefficient (Wildman–Crippen LogP) is 2.61. The van der Waals surface area contributed by atoms with Gasteiger partial charge in [0.05, 0.1) is 18.1 Å². The first-order valence-corrected chi connectivity index (χ1v) is 8.30. The minimum atomic E-state index is 0. The number of halogens is 2. The highest BCUT2D eigenvalue weighted by molar-refractivity contribution is 14.0. The number of carbonyl (C=O) groups is 1. The highest BCUT2D eigenvalue weighted by Gasteiger charge is 2.10. The summed E-state index contributed by atoms with van der Waals surface area (Å²) < 4.78 is 2.00. The van der Waals surface area contributed by atoms with Crippen LogP contribution in [0, 0.1) is 0 Å². The second-order valence-electron chi connectivity index (χ2n) is 5.82. The number of amides is 1. The molecule has 2 N–H and O–H groups in total.